The molecule has 1 unspecified atom stereocenters. The van der Waals surface area contributed by atoms with Gasteiger partial charge < -0.3 is 5.11 Å². The van der Waals surface area contributed by atoms with Gasteiger partial charge in [0.1, 0.15) is 0 Å². The third-order valence-corrected chi connectivity index (χ3v) is 6.05. The molecular weight excluding hydrogens is 378 g/mol. The first-order chi connectivity index (χ1) is 11.7. The van der Waals surface area contributed by atoms with Crippen molar-refractivity contribution >= 4 is 27.9 Å². The van der Waals surface area contributed by atoms with Crippen molar-refractivity contribution in [2.45, 2.75) is 38.3 Å². The van der Waals surface area contributed by atoms with Crippen molar-refractivity contribution in [3.8, 4) is 6.07 Å². The molecule has 0 radical (unpaired) electrons. The summed E-state index contributed by atoms with van der Waals surface area (Å²) in [6.45, 7) is 4.47. The van der Waals surface area contributed by atoms with Gasteiger partial charge in [-0.05, 0) is 61.1 Å². The van der Waals surface area contributed by atoms with Gasteiger partial charge in [-0.15, -0.1) is 17.0 Å². The molecule has 2 bridgehead atoms. The standard InChI is InChI=1S/C20H23N3O.BrH/c1-2-14-12-23-8-6-15(14)10-19(23)20(24)16-5-7-22-18-4-3-13(11-21)9-17(16)18;/h3-5,7,9,14-15,19-20,24H,2,6,8,10,12H2,1H3;1H/t14-,15+,19-,20+;/m0./s1. The molecule has 3 saturated heterocycles. The average molecular weight is 402 g/mol. The summed E-state index contributed by atoms with van der Waals surface area (Å²) < 4.78 is 0. The predicted molar refractivity (Wildman–Crippen MR) is 104 cm³/mol. The van der Waals surface area contributed by atoms with E-state index in [1.54, 1.807) is 12.3 Å². The Kier molecular flexibility index (Phi) is 5.43. The minimum Gasteiger partial charge on any atom is -0.387 e. The molecule has 1 aromatic carbocycles. The van der Waals surface area contributed by atoms with Crippen molar-refractivity contribution < 1.29 is 5.11 Å². The van der Waals surface area contributed by atoms with Crippen molar-refractivity contribution in [3.05, 3.63) is 41.6 Å². The van der Waals surface area contributed by atoms with Crippen LogP contribution in [0.25, 0.3) is 10.9 Å². The van der Waals surface area contributed by atoms with E-state index in [-0.39, 0.29) is 23.0 Å². The Labute approximate surface area is 159 Å². The lowest BCUT2D eigenvalue weighted by Gasteiger charge is -2.51. The van der Waals surface area contributed by atoms with Crippen molar-refractivity contribution in [3.63, 3.8) is 0 Å². The van der Waals surface area contributed by atoms with Gasteiger partial charge in [0.2, 0.25) is 0 Å². The molecule has 3 aliphatic heterocycles. The van der Waals surface area contributed by atoms with E-state index in [0.717, 1.165) is 47.8 Å². The molecule has 5 heteroatoms. The number of halogens is 1. The number of fused-ring (bicyclic) bond motifs is 4. The second kappa shape index (κ2) is 7.41. The second-order valence-electron chi connectivity index (χ2n) is 7.20. The van der Waals surface area contributed by atoms with Crippen LogP contribution in [-0.4, -0.2) is 34.1 Å². The summed E-state index contributed by atoms with van der Waals surface area (Å²) in [4.78, 5) is 6.86. The van der Waals surface area contributed by atoms with Gasteiger partial charge in [-0.1, -0.05) is 13.3 Å². The van der Waals surface area contributed by atoms with Crippen LogP contribution in [0.15, 0.2) is 30.5 Å². The van der Waals surface area contributed by atoms with Crippen molar-refractivity contribution in [2.24, 2.45) is 11.8 Å². The van der Waals surface area contributed by atoms with Crippen LogP contribution in [0, 0.1) is 23.2 Å². The zero-order valence-corrected chi connectivity index (χ0v) is 16.1. The molecule has 0 amide bonds. The maximum absolute atomic E-state index is 11.1. The Bertz CT molecular complexity index is 803. The number of hydrogen-bond donors (Lipinski definition) is 1. The zero-order valence-electron chi connectivity index (χ0n) is 14.4. The monoisotopic (exact) mass is 401 g/mol. The molecule has 5 rings (SSSR count). The molecule has 132 valence electrons. The molecule has 1 aromatic heterocycles. The number of nitriles is 1. The van der Waals surface area contributed by atoms with Gasteiger partial charge in [0.05, 0.1) is 23.3 Å². The van der Waals surface area contributed by atoms with E-state index in [1.165, 1.54) is 12.8 Å². The minimum absolute atomic E-state index is 0. The summed E-state index contributed by atoms with van der Waals surface area (Å²) in [5.74, 6) is 1.52. The maximum atomic E-state index is 11.1. The highest BCUT2D eigenvalue weighted by atomic mass is 79.9. The summed E-state index contributed by atoms with van der Waals surface area (Å²) >= 11 is 0. The van der Waals surface area contributed by atoms with Crippen molar-refractivity contribution in [1.29, 1.82) is 5.26 Å². The molecule has 5 atom stereocenters. The van der Waals surface area contributed by atoms with E-state index in [9.17, 15) is 10.4 Å². The predicted octanol–water partition coefficient (Wildman–Crippen LogP) is 3.84. The summed E-state index contributed by atoms with van der Waals surface area (Å²) in [7, 11) is 0. The summed E-state index contributed by atoms with van der Waals surface area (Å²) in [6, 6.07) is 9.78. The summed E-state index contributed by atoms with van der Waals surface area (Å²) in [5, 5.41) is 21.2. The Morgan fingerprint density at radius 1 is 1.40 bits per heavy atom. The Hall–Kier alpha value is -1.48. The Morgan fingerprint density at radius 2 is 2.24 bits per heavy atom. The lowest BCUT2D eigenvalue weighted by atomic mass is 9.72. The van der Waals surface area contributed by atoms with Crippen molar-refractivity contribution in [1.82, 2.24) is 9.88 Å². The van der Waals surface area contributed by atoms with Crippen LogP contribution < -0.4 is 0 Å². The van der Waals surface area contributed by atoms with E-state index in [0.29, 0.717) is 5.56 Å². The molecule has 0 spiro atoms. The first-order valence-corrected chi connectivity index (χ1v) is 8.92. The number of hydrogen-bond acceptors (Lipinski definition) is 4. The fraction of sp³-hybridized carbons (Fsp3) is 0.500. The highest BCUT2D eigenvalue weighted by molar-refractivity contribution is 8.93. The number of nitrogens with zero attached hydrogens (tertiary/aromatic N) is 3. The molecule has 25 heavy (non-hydrogen) atoms. The fourth-order valence-electron chi connectivity index (χ4n) is 4.67. The molecule has 0 saturated carbocycles. The molecule has 4 heterocycles. The van der Waals surface area contributed by atoms with Gasteiger partial charge in [0.15, 0.2) is 0 Å². The first kappa shape index (κ1) is 18.3. The third kappa shape index (κ3) is 3.19. The van der Waals surface area contributed by atoms with Gasteiger partial charge >= 0.3 is 0 Å². The molecule has 4 nitrogen and oxygen atoms in total. The maximum Gasteiger partial charge on any atom is 0.0991 e. The highest BCUT2D eigenvalue weighted by Gasteiger charge is 2.42. The lowest BCUT2D eigenvalue weighted by molar-refractivity contribution is -0.0562. The second-order valence-corrected chi connectivity index (χ2v) is 7.20. The van der Waals surface area contributed by atoms with Gasteiger partial charge in [-0.2, -0.15) is 5.26 Å². The van der Waals surface area contributed by atoms with Crippen LogP contribution in [0.2, 0.25) is 0 Å². The average Bonchev–Trinajstić information content (AvgIpc) is 2.66. The summed E-state index contributed by atoms with van der Waals surface area (Å²) in [6.07, 6.45) is 4.80. The van der Waals surface area contributed by atoms with Crippen LogP contribution in [0.5, 0.6) is 0 Å². The minimum atomic E-state index is -0.523. The van der Waals surface area contributed by atoms with E-state index in [1.807, 2.05) is 18.2 Å². The quantitative estimate of drug-likeness (QED) is 0.848. The Balaban J connectivity index is 0.00000182. The topological polar surface area (TPSA) is 60.1 Å². The van der Waals surface area contributed by atoms with Crippen molar-refractivity contribution in [2.75, 3.05) is 13.1 Å². The van der Waals surface area contributed by atoms with E-state index in [2.05, 4.69) is 22.9 Å². The molecule has 0 aliphatic carbocycles. The first-order valence-electron chi connectivity index (χ1n) is 8.92. The van der Waals surface area contributed by atoms with E-state index < -0.39 is 6.10 Å². The molecule has 1 N–H and O–H groups in total. The SMILES string of the molecule is Br.CC[C@H]1CN2CC[C@@H]1C[C@H]2[C@H](O)c1ccnc2ccc(C#N)cc12. The van der Waals surface area contributed by atoms with Gasteiger partial charge in [0, 0.05) is 24.2 Å². The van der Waals surface area contributed by atoms with Crippen LogP contribution in [-0.2, 0) is 0 Å². The number of aliphatic hydroxyl groups excluding tert-OH is 1. The van der Waals surface area contributed by atoms with Crippen LogP contribution in [0.4, 0.5) is 0 Å². The van der Waals surface area contributed by atoms with Gasteiger partial charge in [0.25, 0.3) is 0 Å². The van der Waals surface area contributed by atoms with Crippen LogP contribution in [0.1, 0.15) is 43.4 Å². The summed E-state index contributed by atoms with van der Waals surface area (Å²) in [5.41, 5.74) is 2.36. The zero-order chi connectivity index (χ0) is 16.7. The smallest absolute Gasteiger partial charge is 0.0991 e. The molecule has 3 fully saturated rings. The largest absolute Gasteiger partial charge is 0.387 e. The number of aliphatic hydroxyl groups is 1. The lowest BCUT2D eigenvalue weighted by Crippen LogP contribution is -2.55. The molecule has 3 aliphatic rings. The fourth-order valence-corrected chi connectivity index (χ4v) is 4.67. The van der Waals surface area contributed by atoms with Gasteiger partial charge in [-0.25, -0.2) is 0 Å². The highest BCUT2D eigenvalue weighted by Crippen LogP contribution is 2.42. The van der Waals surface area contributed by atoms with Crippen LogP contribution in [0.3, 0.4) is 0 Å². The van der Waals surface area contributed by atoms with Crippen LogP contribution >= 0.6 is 17.0 Å². The number of piperidine rings is 3. The van der Waals surface area contributed by atoms with E-state index in [4.69, 9.17) is 0 Å². The Morgan fingerprint density at radius 3 is 2.92 bits per heavy atom. The third-order valence-electron chi connectivity index (χ3n) is 6.05. The number of pyridine rings is 1. The molecular formula is C20H24BrN3O. The normalized spacial score (nSPS) is 29.0. The number of aromatic nitrogens is 1. The molecule has 2 aromatic rings. The number of rotatable bonds is 3. The van der Waals surface area contributed by atoms with E-state index >= 15 is 0 Å². The number of benzene rings is 1. The van der Waals surface area contributed by atoms with Gasteiger partial charge in [-0.3, -0.25) is 9.88 Å².